The third-order valence-corrected chi connectivity index (χ3v) is 6.06. The van der Waals surface area contributed by atoms with Crippen LogP contribution in [0.4, 0.5) is 13.2 Å². The number of methoxy groups -OCH3 is 1. The smallest absolute Gasteiger partial charge is 0.416 e. The molecule has 0 bridgehead atoms. The number of thiazole rings is 1. The maximum Gasteiger partial charge on any atom is 0.416 e. The number of rotatable bonds is 7. The molecule has 0 spiro atoms. The van der Waals surface area contributed by atoms with Crippen molar-refractivity contribution < 1.29 is 27.4 Å². The van der Waals surface area contributed by atoms with Gasteiger partial charge in [0.1, 0.15) is 11.1 Å². The van der Waals surface area contributed by atoms with Crippen molar-refractivity contribution in [1.29, 1.82) is 0 Å². The van der Waals surface area contributed by atoms with Crippen molar-refractivity contribution in [3.8, 4) is 10.6 Å². The summed E-state index contributed by atoms with van der Waals surface area (Å²) in [5.74, 6) is -0.510. The molecular weight excluding hydrogens is 427 g/mol. The number of aromatic nitrogens is 1. The predicted molar refractivity (Wildman–Crippen MR) is 113 cm³/mol. The number of alkyl halides is 3. The van der Waals surface area contributed by atoms with Gasteiger partial charge in [-0.05, 0) is 31.0 Å². The molecule has 0 unspecified atom stereocenters. The molecule has 0 saturated heterocycles. The van der Waals surface area contributed by atoms with Crippen molar-refractivity contribution in [2.75, 3.05) is 7.11 Å². The van der Waals surface area contributed by atoms with Crippen LogP contribution in [0.1, 0.15) is 47.3 Å². The summed E-state index contributed by atoms with van der Waals surface area (Å²) >= 11 is 1.31. The zero-order valence-electron chi connectivity index (χ0n) is 17.3. The second-order valence-corrected chi connectivity index (χ2v) is 7.93. The molecule has 1 heterocycles. The lowest BCUT2D eigenvalue weighted by Gasteiger charge is -2.20. The first-order valence-corrected chi connectivity index (χ1v) is 10.5. The van der Waals surface area contributed by atoms with Gasteiger partial charge in [0.2, 0.25) is 0 Å². The molecule has 0 saturated carbocycles. The quantitative estimate of drug-likeness (QED) is 0.385. The van der Waals surface area contributed by atoms with Gasteiger partial charge in [-0.15, -0.1) is 11.3 Å². The van der Waals surface area contributed by atoms with E-state index in [-0.39, 0.29) is 0 Å². The molecule has 0 amide bonds. The van der Waals surface area contributed by atoms with E-state index in [2.05, 4.69) is 4.98 Å². The topological polar surface area (TPSA) is 48.4 Å². The summed E-state index contributed by atoms with van der Waals surface area (Å²) < 4.78 is 49.5. The molecule has 164 valence electrons. The van der Waals surface area contributed by atoms with Gasteiger partial charge < -0.3 is 9.47 Å². The van der Waals surface area contributed by atoms with E-state index in [0.29, 0.717) is 28.2 Å². The van der Waals surface area contributed by atoms with Gasteiger partial charge in [0.05, 0.1) is 16.1 Å². The number of halogens is 3. The number of ether oxygens (including phenoxy) is 2. The molecule has 0 aliphatic heterocycles. The molecule has 1 aromatic heterocycles. The average Bonchev–Trinajstić information content (AvgIpc) is 3.14. The Kier molecular flexibility index (Phi) is 7.12. The SMILES string of the molecule is CC[C@H](OC(=O)[C@H](OC)c1ccccc1)c1sc(-c2ccc(C(F)(F)F)cc2)nc1C. The Labute approximate surface area is 182 Å². The molecule has 2 atom stereocenters. The van der Waals surface area contributed by atoms with E-state index < -0.39 is 29.9 Å². The summed E-state index contributed by atoms with van der Waals surface area (Å²) in [6, 6.07) is 13.9. The van der Waals surface area contributed by atoms with Gasteiger partial charge in [0.25, 0.3) is 0 Å². The minimum absolute atomic E-state index is 0.510. The minimum atomic E-state index is -4.39. The lowest BCUT2D eigenvalue weighted by Crippen LogP contribution is -2.20. The fraction of sp³-hybridized carbons (Fsp3) is 0.304. The summed E-state index contributed by atoms with van der Waals surface area (Å²) in [7, 11) is 1.44. The maximum absolute atomic E-state index is 12.8. The van der Waals surface area contributed by atoms with Crippen LogP contribution in [0.5, 0.6) is 0 Å². The monoisotopic (exact) mass is 449 g/mol. The van der Waals surface area contributed by atoms with Crippen molar-refractivity contribution in [2.24, 2.45) is 0 Å². The molecule has 3 rings (SSSR count). The Morgan fingerprint density at radius 1 is 1.10 bits per heavy atom. The van der Waals surface area contributed by atoms with Crippen LogP contribution in [0.15, 0.2) is 54.6 Å². The van der Waals surface area contributed by atoms with E-state index in [1.807, 2.05) is 25.1 Å². The highest BCUT2D eigenvalue weighted by Crippen LogP contribution is 2.37. The number of hydrogen-bond acceptors (Lipinski definition) is 5. The molecule has 4 nitrogen and oxygen atoms in total. The Balaban J connectivity index is 1.81. The highest BCUT2D eigenvalue weighted by molar-refractivity contribution is 7.15. The maximum atomic E-state index is 12.8. The van der Waals surface area contributed by atoms with Crippen LogP contribution in [0.25, 0.3) is 10.6 Å². The van der Waals surface area contributed by atoms with Gasteiger partial charge in [0.15, 0.2) is 6.10 Å². The van der Waals surface area contributed by atoms with Crippen LogP contribution in [0.3, 0.4) is 0 Å². The lowest BCUT2D eigenvalue weighted by atomic mass is 10.1. The summed E-state index contributed by atoms with van der Waals surface area (Å²) in [5, 5.41) is 0.571. The second-order valence-electron chi connectivity index (χ2n) is 6.90. The third-order valence-electron chi connectivity index (χ3n) is 4.77. The second kappa shape index (κ2) is 9.62. The zero-order valence-corrected chi connectivity index (χ0v) is 18.1. The predicted octanol–water partition coefficient (Wildman–Crippen LogP) is 6.52. The lowest BCUT2D eigenvalue weighted by molar-refractivity contribution is -0.162. The molecule has 2 aromatic carbocycles. The number of hydrogen-bond donors (Lipinski definition) is 0. The normalized spacial score (nSPS) is 13.6. The average molecular weight is 449 g/mol. The summed E-state index contributed by atoms with van der Waals surface area (Å²) in [4.78, 5) is 18.0. The van der Waals surface area contributed by atoms with Crippen LogP contribution in [-0.2, 0) is 20.4 Å². The first-order valence-electron chi connectivity index (χ1n) is 9.67. The van der Waals surface area contributed by atoms with E-state index in [4.69, 9.17) is 9.47 Å². The van der Waals surface area contributed by atoms with Crippen molar-refractivity contribution >= 4 is 17.3 Å². The minimum Gasteiger partial charge on any atom is -0.454 e. The van der Waals surface area contributed by atoms with E-state index >= 15 is 0 Å². The van der Waals surface area contributed by atoms with Gasteiger partial charge in [-0.1, -0.05) is 49.4 Å². The van der Waals surface area contributed by atoms with Gasteiger partial charge in [-0.3, -0.25) is 0 Å². The number of aryl methyl sites for hydroxylation is 1. The van der Waals surface area contributed by atoms with Crippen LogP contribution in [0.2, 0.25) is 0 Å². The van der Waals surface area contributed by atoms with Crippen molar-refractivity contribution in [3.63, 3.8) is 0 Å². The summed E-state index contributed by atoms with van der Waals surface area (Å²) in [6.07, 6.45) is -5.25. The molecule has 0 radical (unpaired) electrons. The fourth-order valence-corrected chi connectivity index (χ4v) is 4.34. The van der Waals surface area contributed by atoms with Crippen molar-refractivity contribution in [2.45, 2.75) is 38.7 Å². The Bertz CT molecular complexity index is 1020. The van der Waals surface area contributed by atoms with Crippen molar-refractivity contribution in [1.82, 2.24) is 4.98 Å². The molecular formula is C23H22F3NO3S. The van der Waals surface area contributed by atoms with Crippen LogP contribution in [0, 0.1) is 6.92 Å². The Morgan fingerprint density at radius 3 is 2.29 bits per heavy atom. The van der Waals surface area contributed by atoms with E-state index in [0.717, 1.165) is 17.0 Å². The highest BCUT2D eigenvalue weighted by atomic mass is 32.1. The standard InChI is InChI=1S/C23H22F3NO3S/c1-4-18(30-22(28)19(29-3)15-8-6-5-7-9-15)20-14(2)27-21(31-20)16-10-12-17(13-11-16)23(24,25)26/h5-13,18-19H,4H2,1-3H3/t18-,19+/m0/s1. The number of carbonyl (C=O) groups is 1. The largest absolute Gasteiger partial charge is 0.454 e. The molecule has 31 heavy (non-hydrogen) atoms. The molecule has 0 aliphatic rings. The fourth-order valence-electron chi connectivity index (χ4n) is 3.15. The van der Waals surface area contributed by atoms with Gasteiger partial charge in [-0.25, -0.2) is 9.78 Å². The van der Waals surface area contributed by atoms with Crippen LogP contribution < -0.4 is 0 Å². The first kappa shape index (κ1) is 23.0. The summed E-state index contributed by atoms with van der Waals surface area (Å²) in [6.45, 7) is 3.68. The van der Waals surface area contributed by atoms with Crippen LogP contribution in [-0.4, -0.2) is 18.1 Å². The Hall–Kier alpha value is -2.71. The molecule has 0 aliphatic carbocycles. The van der Waals surface area contributed by atoms with Crippen molar-refractivity contribution in [3.05, 3.63) is 76.3 Å². The summed E-state index contributed by atoms with van der Waals surface area (Å²) in [5.41, 5.74) is 1.23. The first-order chi connectivity index (χ1) is 14.7. The molecule has 8 heteroatoms. The molecule has 0 fully saturated rings. The number of benzene rings is 2. The molecule has 3 aromatic rings. The van der Waals surface area contributed by atoms with Gasteiger partial charge >= 0.3 is 12.1 Å². The number of carbonyl (C=O) groups excluding carboxylic acids is 1. The zero-order chi connectivity index (χ0) is 22.6. The van der Waals surface area contributed by atoms with Gasteiger partial charge in [-0.2, -0.15) is 13.2 Å². The number of nitrogens with zero attached hydrogens (tertiary/aromatic N) is 1. The Morgan fingerprint density at radius 2 is 1.74 bits per heavy atom. The number of esters is 1. The van der Waals surface area contributed by atoms with Crippen LogP contribution >= 0.6 is 11.3 Å². The van der Waals surface area contributed by atoms with E-state index in [9.17, 15) is 18.0 Å². The van der Waals surface area contributed by atoms with Gasteiger partial charge in [0, 0.05) is 12.7 Å². The van der Waals surface area contributed by atoms with E-state index in [1.54, 1.807) is 19.1 Å². The van der Waals surface area contributed by atoms with E-state index in [1.165, 1.54) is 30.6 Å². The molecule has 0 N–H and O–H groups in total. The third kappa shape index (κ3) is 5.32. The highest BCUT2D eigenvalue weighted by Gasteiger charge is 2.30.